The van der Waals surface area contributed by atoms with Gasteiger partial charge in [-0.15, -0.1) is 0 Å². The van der Waals surface area contributed by atoms with Crippen molar-refractivity contribution in [3.05, 3.63) is 0 Å². The molecule has 2 rings (SSSR count). The van der Waals surface area contributed by atoms with Crippen molar-refractivity contribution >= 4 is 11.8 Å². The van der Waals surface area contributed by atoms with E-state index in [9.17, 15) is 0 Å². The SMILES string of the molecule is CC1CC(C)(C)CC1NCC1CCCCS1. The third-order valence-electron chi connectivity index (χ3n) is 4.22. The second-order valence-electron chi connectivity index (χ2n) is 6.55. The topological polar surface area (TPSA) is 12.0 Å². The van der Waals surface area contributed by atoms with Gasteiger partial charge < -0.3 is 5.32 Å². The Balaban J connectivity index is 1.73. The largest absolute Gasteiger partial charge is 0.313 e. The van der Waals surface area contributed by atoms with E-state index in [1.165, 1.54) is 44.4 Å². The van der Waals surface area contributed by atoms with Gasteiger partial charge in [-0.05, 0) is 42.8 Å². The molecule has 0 amide bonds. The molecule has 0 aromatic rings. The lowest BCUT2D eigenvalue weighted by Gasteiger charge is -2.25. The normalized spacial score (nSPS) is 38.8. The van der Waals surface area contributed by atoms with E-state index in [1.54, 1.807) is 0 Å². The second kappa shape index (κ2) is 5.30. The molecule has 94 valence electrons. The van der Waals surface area contributed by atoms with Crippen molar-refractivity contribution in [2.24, 2.45) is 11.3 Å². The van der Waals surface area contributed by atoms with Gasteiger partial charge in [-0.1, -0.05) is 27.2 Å². The average Bonchev–Trinajstić information content (AvgIpc) is 2.50. The number of rotatable bonds is 3. The summed E-state index contributed by atoms with van der Waals surface area (Å²) >= 11 is 2.19. The third kappa shape index (κ3) is 3.40. The highest BCUT2D eigenvalue weighted by Gasteiger charge is 2.36. The molecule has 2 aliphatic rings. The monoisotopic (exact) mass is 241 g/mol. The Kier molecular flexibility index (Phi) is 4.23. The molecule has 1 aliphatic heterocycles. The quantitative estimate of drug-likeness (QED) is 0.809. The fourth-order valence-corrected chi connectivity index (χ4v) is 4.67. The van der Waals surface area contributed by atoms with Crippen LogP contribution in [-0.4, -0.2) is 23.6 Å². The molecule has 3 unspecified atom stereocenters. The molecule has 0 radical (unpaired) electrons. The molecule has 0 bridgehead atoms. The Labute approximate surface area is 105 Å². The molecule has 2 heteroatoms. The minimum Gasteiger partial charge on any atom is -0.313 e. The van der Waals surface area contributed by atoms with Crippen molar-refractivity contribution in [1.29, 1.82) is 0 Å². The average molecular weight is 241 g/mol. The maximum atomic E-state index is 3.84. The predicted molar refractivity (Wildman–Crippen MR) is 74.1 cm³/mol. The van der Waals surface area contributed by atoms with Crippen LogP contribution < -0.4 is 5.32 Å². The molecule has 0 aromatic heterocycles. The molecule has 1 N–H and O–H groups in total. The van der Waals surface area contributed by atoms with E-state index in [-0.39, 0.29) is 0 Å². The summed E-state index contributed by atoms with van der Waals surface area (Å²) in [4.78, 5) is 0. The van der Waals surface area contributed by atoms with Gasteiger partial charge in [-0.3, -0.25) is 0 Å². The molecule has 16 heavy (non-hydrogen) atoms. The second-order valence-corrected chi connectivity index (χ2v) is 7.96. The molecule has 3 atom stereocenters. The minimum atomic E-state index is 0.566. The van der Waals surface area contributed by atoms with Crippen LogP contribution in [0.2, 0.25) is 0 Å². The van der Waals surface area contributed by atoms with Gasteiger partial charge in [0.05, 0.1) is 0 Å². The summed E-state index contributed by atoms with van der Waals surface area (Å²) in [5, 5.41) is 4.73. The highest BCUT2D eigenvalue weighted by molar-refractivity contribution is 7.99. The molecule has 1 saturated heterocycles. The Bertz CT molecular complexity index is 221. The van der Waals surface area contributed by atoms with Crippen LogP contribution in [0, 0.1) is 11.3 Å². The van der Waals surface area contributed by atoms with Crippen LogP contribution in [0.15, 0.2) is 0 Å². The lowest BCUT2D eigenvalue weighted by molar-refractivity contribution is 0.362. The van der Waals surface area contributed by atoms with Gasteiger partial charge in [-0.25, -0.2) is 0 Å². The van der Waals surface area contributed by atoms with E-state index in [0.717, 1.165) is 17.2 Å². The van der Waals surface area contributed by atoms with Crippen molar-refractivity contribution < 1.29 is 0 Å². The van der Waals surface area contributed by atoms with Crippen LogP contribution in [0.3, 0.4) is 0 Å². The third-order valence-corrected chi connectivity index (χ3v) is 5.61. The Hall–Kier alpha value is 0.310. The van der Waals surface area contributed by atoms with E-state index in [0.29, 0.717) is 5.41 Å². The van der Waals surface area contributed by atoms with Crippen LogP contribution in [0.1, 0.15) is 52.9 Å². The first kappa shape index (κ1) is 12.8. The molecule has 1 heterocycles. The van der Waals surface area contributed by atoms with Gasteiger partial charge in [0.2, 0.25) is 0 Å². The highest BCUT2D eigenvalue weighted by Crippen LogP contribution is 2.41. The molecular formula is C14H27NS. The fraction of sp³-hybridized carbons (Fsp3) is 1.00. The number of hydrogen-bond donors (Lipinski definition) is 1. The van der Waals surface area contributed by atoms with E-state index in [4.69, 9.17) is 0 Å². The summed E-state index contributed by atoms with van der Waals surface area (Å²) < 4.78 is 0. The van der Waals surface area contributed by atoms with Crippen molar-refractivity contribution in [2.75, 3.05) is 12.3 Å². The number of nitrogens with one attached hydrogen (secondary N) is 1. The maximum absolute atomic E-state index is 3.84. The molecule has 1 saturated carbocycles. The zero-order chi connectivity index (χ0) is 11.6. The van der Waals surface area contributed by atoms with Gasteiger partial charge in [0.15, 0.2) is 0 Å². The molecule has 0 spiro atoms. The van der Waals surface area contributed by atoms with Crippen molar-refractivity contribution in [2.45, 2.75) is 64.2 Å². The minimum absolute atomic E-state index is 0.566. The van der Waals surface area contributed by atoms with Gasteiger partial charge in [0, 0.05) is 17.8 Å². The van der Waals surface area contributed by atoms with Crippen LogP contribution in [-0.2, 0) is 0 Å². The first-order valence-corrected chi connectivity index (χ1v) is 7.97. The first-order valence-electron chi connectivity index (χ1n) is 6.92. The highest BCUT2D eigenvalue weighted by atomic mass is 32.2. The zero-order valence-electron chi connectivity index (χ0n) is 11.1. The summed E-state index contributed by atoms with van der Waals surface area (Å²) in [6, 6.07) is 0.775. The van der Waals surface area contributed by atoms with Crippen LogP contribution >= 0.6 is 11.8 Å². The van der Waals surface area contributed by atoms with Gasteiger partial charge in [0.25, 0.3) is 0 Å². The van der Waals surface area contributed by atoms with E-state index in [1.807, 2.05) is 0 Å². The predicted octanol–water partition coefficient (Wildman–Crippen LogP) is 3.69. The summed E-state index contributed by atoms with van der Waals surface area (Å²) in [6.45, 7) is 8.50. The zero-order valence-corrected chi connectivity index (χ0v) is 11.9. The Morgan fingerprint density at radius 3 is 2.62 bits per heavy atom. The van der Waals surface area contributed by atoms with E-state index in [2.05, 4.69) is 37.8 Å². The summed E-state index contributed by atoms with van der Waals surface area (Å²) in [7, 11) is 0. The van der Waals surface area contributed by atoms with E-state index >= 15 is 0 Å². The molecule has 1 aliphatic carbocycles. The summed E-state index contributed by atoms with van der Waals surface area (Å²) in [6.07, 6.45) is 7.08. The number of hydrogen-bond acceptors (Lipinski definition) is 2. The fourth-order valence-electron chi connectivity index (χ4n) is 3.42. The maximum Gasteiger partial charge on any atom is 0.0172 e. The Morgan fingerprint density at radius 2 is 2.06 bits per heavy atom. The molecule has 2 fully saturated rings. The number of thioether (sulfide) groups is 1. The van der Waals surface area contributed by atoms with Crippen molar-refractivity contribution in [3.8, 4) is 0 Å². The van der Waals surface area contributed by atoms with Gasteiger partial charge >= 0.3 is 0 Å². The molecule has 1 nitrogen and oxygen atoms in total. The Morgan fingerprint density at radius 1 is 1.25 bits per heavy atom. The molecular weight excluding hydrogens is 214 g/mol. The summed E-state index contributed by atoms with van der Waals surface area (Å²) in [5.41, 5.74) is 0.566. The van der Waals surface area contributed by atoms with Crippen molar-refractivity contribution in [3.63, 3.8) is 0 Å². The van der Waals surface area contributed by atoms with Crippen LogP contribution in [0.5, 0.6) is 0 Å². The van der Waals surface area contributed by atoms with Gasteiger partial charge in [0.1, 0.15) is 0 Å². The lowest BCUT2D eigenvalue weighted by atomic mass is 9.91. The lowest BCUT2D eigenvalue weighted by Crippen LogP contribution is -2.37. The van der Waals surface area contributed by atoms with Crippen LogP contribution in [0.25, 0.3) is 0 Å². The standard InChI is InChI=1S/C14H27NS/c1-11-8-14(2,3)9-13(11)15-10-12-6-4-5-7-16-12/h11-13,15H,4-10H2,1-3H3. The molecule has 0 aromatic carbocycles. The van der Waals surface area contributed by atoms with Crippen molar-refractivity contribution in [1.82, 2.24) is 5.32 Å². The smallest absolute Gasteiger partial charge is 0.0172 e. The van der Waals surface area contributed by atoms with E-state index < -0.39 is 0 Å². The first-order chi connectivity index (χ1) is 7.57. The van der Waals surface area contributed by atoms with Gasteiger partial charge in [-0.2, -0.15) is 11.8 Å². The van der Waals surface area contributed by atoms with Crippen LogP contribution in [0.4, 0.5) is 0 Å². The summed E-state index contributed by atoms with van der Waals surface area (Å²) in [5.74, 6) is 2.25.